The molecule has 0 saturated heterocycles. The number of carboxylic acids is 1. The molecule has 36 heavy (non-hydrogen) atoms. The van der Waals surface area contributed by atoms with Crippen LogP contribution in [-0.2, 0) is 21.2 Å². The Morgan fingerprint density at radius 1 is 1.03 bits per heavy atom. The van der Waals surface area contributed by atoms with Gasteiger partial charge in [-0.3, -0.25) is 4.79 Å². The minimum atomic E-state index is -4.35. The van der Waals surface area contributed by atoms with E-state index in [1.165, 1.54) is 12.1 Å². The van der Waals surface area contributed by atoms with Gasteiger partial charge in [0, 0.05) is 23.6 Å². The van der Waals surface area contributed by atoms with E-state index in [0.717, 1.165) is 28.7 Å². The van der Waals surface area contributed by atoms with Crippen LogP contribution in [0.1, 0.15) is 21.6 Å². The smallest absolute Gasteiger partial charge is 0.322 e. The number of nitrogens with one attached hydrogen (secondary N) is 2. The second-order valence-electron chi connectivity index (χ2n) is 7.77. The number of rotatable bonds is 6. The third-order valence-electron chi connectivity index (χ3n) is 5.23. The van der Waals surface area contributed by atoms with Gasteiger partial charge in [0.25, 0.3) is 10.0 Å². The van der Waals surface area contributed by atoms with Crippen LogP contribution in [0.3, 0.4) is 0 Å². The van der Waals surface area contributed by atoms with Crippen molar-refractivity contribution in [1.82, 2.24) is 9.71 Å². The summed E-state index contributed by atoms with van der Waals surface area (Å²) in [5.74, 6) is -3.37. The summed E-state index contributed by atoms with van der Waals surface area (Å²) in [6.45, 7) is 1.93. The zero-order valence-corrected chi connectivity index (χ0v) is 20.0. The number of halogens is 4. The van der Waals surface area contributed by atoms with E-state index in [1.54, 1.807) is 0 Å². The van der Waals surface area contributed by atoms with Crippen molar-refractivity contribution in [2.45, 2.75) is 23.6 Å². The minimum absolute atomic E-state index is 0.216. The van der Waals surface area contributed by atoms with Crippen LogP contribution in [-0.4, -0.2) is 30.5 Å². The predicted molar refractivity (Wildman–Crippen MR) is 125 cm³/mol. The Morgan fingerprint density at radius 3 is 2.36 bits per heavy atom. The molecule has 0 radical (unpaired) electrons. The van der Waals surface area contributed by atoms with Crippen molar-refractivity contribution in [3.8, 4) is 11.8 Å². The summed E-state index contributed by atoms with van der Waals surface area (Å²) >= 11 is 0.810. The van der Waals surface area contributed by atoms with Crippen LogP contribution < -0.4 is 4.72 Å². The molecule has 0 amide bonds. The summed E-state index contributed by atoms with van der Waals surface area (Å²) < 4.78 is 82.9. The van der Waals surface area contributed by atoms with Crippen LogP contribution in [0.15, 0.2) is 46.8 Å². The van der Waals surface area contributed by atoms with E-state index in [-0.39, 0.29) is 9.77 Å². The summed E-state index contributed by atoms with van der Waals surface area (Å²) in [6, 6.07) is 8.27. The second-order valence-corrected chi connectivity index (χ2v) is 10.8. The van der Waals surface area contributed by atoms with E-state index in [0.29, 0.717) is 4.88 Å². The van der Waals surface area contributed by atoms with E-state index >= 15 is 0 Å². The first-order valence-corrected chi connectivity index (χ1v) is 12.5. The Bertz CT molecular complexity index is 1650. The number of aromatic nitrogens is 1. The average molecular weight is 537 g/mol. The van der Waals surface area contributed by atoms with Crippen molar-refractivity contribution in [3.63, 3.8) is 0 Å². The summed E-state index contributed by atoms with van der Waals surface area (Å²) in [5.41, 5.74) is 0.817. The van der Waals surface area contributed by atoms with Crippen LogP contribution >= 0.6 is 11.3 Å². The van der Waals surface area contributed by atoms with Gasteiger partial charge in [0.1, 0.15) is 10.3 Å². The van der Waals surface area contributed by atoms with Gasteiger partial charge in [-0.15, -0.1) is 11.3 Å². The van der Waals surface area contributed by atoms with Gasteiger partial charge in [-0.25, -0.2) is 26.0 Å². The fourth-order valence-electron chi connectivity index (χ4n) is 3.41. The van der Waals surface area contributed by atoms with E-state index in [1.807, 2.05) is 35.9 Å². The molecule has 12 heteroatoms. The average Bonchev–Trinajstić information content (AvgIpc) is 3.48. The SMILES string of the molecule is Cc1ccc(C#Cc2ccc(S(=O)(=O)NC(Cc3c[nH]c4c(F)c(F)c(F)c(F)c34)C(=O)O)s2)cc1. The highest BCUT2D eigenvalue weighted by molar-refractivity contribution is 7.91. The molecule has 1 unspecified atom stereocenters. The Hall–Kier alpha value is -3.66. The fourth-order valence-corrected chi connectivity index (χ4v) is 5.77. The second kappa shape index (κ2) is 9.77. The third kappa shape index (κ3) is 4.99. The Labute approximate surface area is 206 Å². The number of thiophene rings is 1. The maximum atomic E-state index is 14.3. The minimum Gasteiger partial charge on any atom is -0.480 e. The summed E-state index contributed by atoms with van der Waals surface area (Å²) in [5, 5.41) is 8.85. The van der Waals surface area contributed by atoms with Crippen molar-refractivity contribution < 1.29 is 35.9 Å². The molecule has 0 aliphatic heterocycles. The number of benzene rings is 2. The number of carbonyl (C=O) groups is 1. The van der Waals surface area contributed by atoms with E-state index in [2.05, 4.69) is 16.8 Å². The highest BCUT2D eigenvalue weighted by atomic mass is 32.2. The largest absolute Gasteiger partial charge is 0.480 e. The number of H-pyrrole nitrogens is 1. The lowest BCUT2D eigenvalue weighted by molar-refractivity contribution is -0.138. The fraction of sp³-hybridized carbons (Fsp3) is 0.125. The Kier molecular flexibility index (Phi) is 6.90. The summed E-state index contributed by atoms with van der Waals surface area (Å²) in [6.07, 6.45) is 0.283. The van der Waals surface area contributed by atoms with Gasteiger partial charge in [-0.05, 0) is 36.8 Å². The maximum absolute atomic E-state index is 14.3. The molecule has 6 nitrogen and oxygen atoms in total. The molecular formula is C24H16F4N2O4S2. The van der Waals surface area contributed by atoms with E-state index in [9.17, 15) is 35.9 Å². The number of carboxylic acid groups (broad SMARTS) is 1. The molecule has 3 N–H and O–H groups in total. The first kappa shape index (κ1) is 25.4. The third-order valence-corrected chi connectivity index (χ3v) is 8.19. The van der Waals surface area contributed by atoms with Crippen molar-refractivity contribution in [1.29, 1.82) is 0 Å². The summed E-state index contributed by atoms with van der Waals surface area (Å²) in [4.78, 5) is 14.4. The van der Waals surface area contributed by atoms with Crippen LogP contribution in [0, 0.1) is 42.0 Å². The molecule has 0 spiro atoms. The standard InChI is InChI=1S/C24H16F4N2O4S2/c1-12-2-4-13(5-3-12)6-7-15-8-9-17(35-15)36(33,34)30-16(24(31)32)10-14-11-29-23-18(14)19(25)20(26)21(27)22(23)28/h2-5,8-9,11,16,29-30H,10H2,1H3,(H,31,32). The lowest BCUT2D eigenvalue weighted by Crippen LogP contribution is -2.42. The van der Waals surface area contributed by atoms with Gasteiger partial charge in [0.05, 0.1) is 10.4 Å². The molecule has 1 atom stereocenters. The number of sulfonamides is 1. The Morgan fingerprint density at radius 2 is 1.69 bits per heavy atom. The molecule has 4 aromatic rings. The van der Waals surface area contributed by atoms with Gasteiger partial charge >= 0.3 is 5.97 Å². The van der Waals surface area contributed by atoms with Gasteiger partial charge in [0.2, 0.25) is 0 Å². The topological polar surface area (TPSA) is 99.3 Å². The highest BCUT2D eigenvalue weighted by Crippen LogP contribution is 2.30. The molecular weight excluding hydrogens is 520 g/mol. The first-order valence-electron chi connectivity index (χ1n) is 10.2. The zero-order chi connectivity index (χ0) is 26.2. The van der Waals surface area contributed by atoms with Crippen molar-refractivity contribution in [2.75, 3.05) is 0 Å². The number of fused-ring (bicyclic) bond motifs is 1. The number of aromatic amines is 1. The summed E-state index contributed by atoms with van der Waals surface area (Å²) in [7, 11) is -4.35. The van der Waals surface area contributed by atoms with Gasteiger partial charge in [-0.1, -0.05) is 29.5 Å². The molecule has 186 valence electrons. The monoisotopic (exact) mass is 536 g/mol. The van der Waals surface area contributed by atoms with Crippen LogP contribution in [0.5, 0.6) is 0 Å². The zero-order valence-electron chi connectivity index (χ0n) is 18.3. The molecule has 2 heterocycles. The number of hydrogen-bond acceptors (Lipinski definition) is 4. The van der Waals surface area contributed by atoms with Crippen LogP contribution in [0.4, 0.5) is 17.6 Å². The van der Waals surface area contributed by atoms with Gasteiger partial charge < -0.3 is 10.1 Å². The van der Waals surface area contributed by atoms with Gasteiger partial charge in [0.15, 0.2) is 23.3 Å². The van der Waals surface area contributed by atoms with Crippen LogP contribution in [0.25, 0.3) is 10.9 Å². The molecule has 0 aliphatic carbocycles. The maximum Gasteiger partial charge on any atom is 0.322 e. The van der Waals surface area contributed by atoms with Crippen molar-refractivity contribution in [2.24, 2.45) is 0 Å². The number of aliphatic carboxylic acids is 1. The molecule has 0 bridgehead atoms. The van der Waals surface area contributed by atoms with Crippen molar-refractivity contribution >= 4 is 38.2 Å². The Balaban J connectivity index is 1.58. The first-order chi connectivity index (χ1) is 17.0. The molecule has 2 aromatic carbocycles. The predicted octanol–water partition coefficient (Wildman–Crippen LogP) is 4.47. The van der Waals surface area contributed by atoms with Crippen molar-refractivity contribution in [3.05, 3.63) is 87.4 Å². The van der Waals surface area contributed by atoms with Gasteiger partial charge in [-0.2, -0.15) is 4.72 Å². The van der Waals surface area contributed by atoms with E-state index < -0.39 is 62.6 Å². The molecule has 0 saturated carbocycles. The lowest BCUT2D eigenvalue weighted by Gasteiger charge is -2.14. The van der Waals surface area contributed by atoms with Crippen LogP contribution in [0.2, 0.25) is 0 Å². The normalized spacial score (nSPS) is 12.4. The molecule has 2 aromatic heterocycles. The lowest BCUT2D eigenvalue weighted by atomic mass is 10.0. The highest BCUT2D eigenvalue weighted by Gasteiger charge is 2.30. The number of aryl methyl sites for hydroxylation is 1. The quantitative estimate of drug-likeness (QED) is 0.147. The molecule has 0 aliphatic rings. The number of hydrogen-bond donors (Lipinski definition) is 3. The van der Waals surface area contributed by atoms with E-state index in [4.69, 9.17) is 0 Å². The molecule has 0 fully saturated rings. The molecule has 4 rings (SSSR count).